The average molecular weight is 410 g/mol. The molecule has 4 heterocycles. The Bertz CT molecular complexity index is 786. The van der Waals surface area contributed by atoms with Crippen molar-refractivity contribution in [2.45, 2.75) is 70.4 Å². The van der Waals surface area contributed by atoms with Crippen molar-refractivity contribution in [3.05, 3.63) is 16.7 Å². The van der Waals surface area contributed by atoms with Crippen LogP contribution in [0.5, 0.6) is 0 Å². The Morgan fingerprint density at radius 3 is 2.23 bits per heavy atom. The molecule has 3 fully saturated rings. The molecule has 0 bridgehead atoms. The van der Waals surface area contributed by atoms with Gasteiger partial charge in [0.25, 0.3) is 0 Å². The Balaban J connectivity index is 1.54. The van der Waals surface area contributed by atoms with Gasteiger partial charge in [-0.2, -0.15) is 5.26 Å². The van der Waals surface area contributed by atoms with Crippen molar-refractivity contribution < 1.29 is 4.74 Å². The van der Waals surface area contributed by atoms with Crippen LogP contribution in [0.4, 0.5) is 11.6 Å². The van der Waals surface area contributed by atoms with Crippen molar-refractivity contribution in [1.82, 2.24) is 9.88 Å². The van der Waals surface area contributed by atoms with Gasteiger partial charge < -0.3 is 14.5 Å². The van der Waals surface area contributed by atoms with Crippen LogP contribution in [0.15, 0.2) is 0 Å². The van der Waals surface area contributed by atoms with Crippen LogP contribution in [0.1, 0.15) is 68.1 Å². The molecular weight excluding hydrogens is 374 g/mol. The lowest BCUT2D eigenvalue weighted by Gasteiger charge is -2.41. The minimum atomic E-state index is 0.705. The molecule has 0 amide bonds. The minimum Gasteiger partial charge on any atom is -0.378 e. The molecular formula is C24H35N5O. The van der Waals surface area contributed by atoms with Crippen molar-refractivity contribution in [3.8, 4) is 6.07 Å². The summed E-state index contributed by atoms with van der Waals surface area (Å²) in [5.74, 6) is 2.08. The monoisotopic (exact) mass is 409 g/mol. The van der Waals surface area contributed by atoms with Crippen molar-refractivity contribution >= 4 is 11.6 Å². The van der Waals surface area contributed by atoms with Crippen LogP contribution in [-0.4, -0.2) is 61.9 Å². The maximum atomic E-state index is 10.2. The fraction of sp³-hybridized carbons (Fsp3) is 0.750. The molecule has 0 unspecified atom stereocenters. The van der Waals surface area contributed by atoms with Gasteiger partial charge in [-0.05, 0) is 44.1 Å². The average Bonchev–Trinajstić information content (AvgIpc) is 2.84. The van der Waals surface area contributed by atoms with Crippen LogP contribution in [0.2, 0.25) is 0 Å². The predicted molar refractivity (Wildman–Crippen MR) is 119 cm³/mol. The third kappa shape index (κ3) is 3.90. The van der Waals surface area contributed by atoms with Crippen LogP contribution in [-0.2, 0) is 17.7 Å². The van der Waals surface area contributed by atoms with Gasteiger partial charge in [-0.25, -0.2) is 4.98 Å². The number of rotatable bonds is 3. The molecule has 4 aliphatic rings. The van der Waals surface area contributed by atoms with E-state index in [0.29, 0.717) is 6.04 Å². The molecule has 6 nitrogen and oxygen atoms in total. The van der Waals surface area contributed by atoms with E-state index in [-0.39, 0.29) is 0 Å². The molecule has 1 aromatic rings. The number of hydrogen-bond donors (Lipinski definition) is 0. The maximum absolute atomic E-state index is 10.2. The number of ether oxygens (including phenoxy) is 1. The van der Waals surface area contributed by atoms with Gasteiger partial charge in [-0.1, -0.05) is 19.3 Å². The fourth-order valence-electron chi connectivity index (χ4n) is 5.87. The number of morpholine rings is 1. The van der Waals surface area contributed by atoms with E-state index in [2.05, 4.69) is 20.8 Å². The molecule has 0 N–H and O–H groups in total. The molecule has 162 valence electrons. The van der Waals surface area contributed by atoms with E-state index < -0.39 is 0 Å². The zero-order valence-electron chi connectivity index (χ0n) is 18.2. The highest BCUT2D eigenvalue weighted by molar-refractivity contribution is 5.68. The lowest BCUT2D eigenvalue weighted by atomic mass is 9.89. The smallest absolute Gasteiger partial charge is 0.149 e. The maximum Gasteiger partial charge on any atom is 0.149 e. The summed E-state index contributed by atoms with van der Waals surface area (Å²) in [6.45, 7) is 7.41. The molecule has 1 saturated carbocycles. The van der Waals surface area contributed by atoms with E-state index in [1.807, 2.05) is 0 Å². The molecule has 3 aliphatic heterocycles. The standard InChI is InChI=1S/C24H35N5O/c25-17-21-20-9-12-29(19-7-3-1-4-8-19)18-22(20)24(28-13-15-30-16-14-28)26-23(21)27-10-5-2-6-11-27/h19H,1-16,18H2. The van der Waals surface area contributed by atoms with E-state index in [9.17, 15) is 5.26 Å². The summed E-state index contributed by atoms with van der Waals surface area (Å²) < 4.78 is 5.63. The summed E-state index contributed by atoms with van der Waals surface area (Å²) >= 11 is 0. The molecule has 1 aromatic heterocycles. The second-order valence-corrected chi connectivity index (χ2v) is 9.36. The van der Waals surface area contributed by atoms with E-state index in [1.165, 1.54) is 62.5 Å². The van der Waals surface area contributed by atoms with Gasteiger partial charge in [0.1, 0.15) is 17.7 Å². The molecule has 0 aromatic carbocycles. The quantitative estimate of drug-likeness (QED) is 0.762. The fourth-order valence-corrected chi connectivity index (χ4v) is 5.87. The van der Waals surface area contributed by atoms with Crippen molar-refractivity contribution in [2.24, 2.45) is 0 Å². The van der Waals surface area contributed by atoms with Gasteiger partial charge >= 0.3 is 0 Å². The number of aromatic nitrogens is 1. The number of nitrogens with zero attached hydrogens (tertiary/aromatic N) is 5. The van der Waals surface area contributed by atoms with Crippen molar-refractivity contribution in [3.63, 3.8) is 0 Å². The van der Waals surface area contributed by atoms with E-state index in [0.717, 1.165) is 76.1 Å². The molecule has 0 radical (unpaired) electrons. The molecule has 0 atom stereocenters. The number of nitriles is 1. The topological polar surface area (TPSA) is 55.6 Å². The molecule has 2 saturated heterocycles. The Kier molecular flexibility index (Phi) is 6.10. The highest BCUT2D eigenvalue weighted by atomic mass is 16.5. The van der Waals surface area contributed by atoms with Gasteiger partial charge in [-0.3, -0.25) is 4.90 Å². The number of piperidine rings is 1. The zero-order valence-corrected chi connectivity index (χ0v) is 18.2. The molecule has 5 rings (SSSR count). The Morgan fingerprint density at radius 1 is 0.800 bits per heavy atom. The third-order valence-corrected chi connectivity index (χ3v) is 7.55. The number of pyridine rings is 1. The first kappa shape index (κ1) is 20.1. The van der Waals surface area contributed by atoms with Crippen LogP contribution in [0, 0.1) is 11.3 Å². The SMILES string of the molecule is N#Cc1c(N2CCCCC2)nc(N2CCOCC2)c2c1CCN(C1CCCCC1)C2. The molecule has 1 aliphatic carbocycles. The Labute approximate surface area is 180 Å². The normalized spacial score (nSPS) is 23.8. The lowest BCUT2D eigenvalue weighted by Crippen LogP contribution is -2.43. The number of hydrogen-bond acceptors (Lipinski definition) is 6. The summed E-state index contributed by atoms with van der Waals surface area (Å²) in [6, 6.07) is 3.28. The van der Waals surface area contributed by atoms with Gasteiger partial charge in [0, 0.05) is 50.9 Å². The van der Waals surface area contributed by atoms with Crippen molar-refractivity contribution in [1.29, 1.82) is 5.26 Å². The summed E-state index contributed by atoms with van der Waals surface area (Å²) in [4.78, 5) is 12.7. The summed E-state index contributed by atoms with van der Waals surface area (Å²) in [6.07, 6.45) is 11.4. The summed E-state index contributed by atoms with van der Waals surface area (Å²) in [5.41, 5.74) is 3.46. The number of anilines is 2. The molecule has 6 heteroatoms. The van der Waals surface area contributed by atoms with Gasteiger partial charge in [-0.15, -0.1) is 0 Å². The largest absolute Gasteiger partial charge is 0.378 e. The summed E-state index contributed by atoms with van der Waals surface area (Å²) in [7, 11) is 0. The first-order valence-electron chi connectivity index (χ1n) is 12.1. The Hall–Kier alpha value is -1.84. The van der Waals surface area contributed by atoms with Crippen LogP contribution in [0.25, 0.3) is 0 Å². The van der Waals surface area contributed by atoms with E-state index in [1.54, 1.807) is 0 Å². The second-order valence-electron chi connectivity index (χ2n) is 9.36. The minimum absolute atomic E-state index is 0.705. The second kappa shape index (κ2) is 9.11. The van der Waals surface area contributed by atoms with Gasteiger partial charge in [0.05, 0.1) is 18.8 Å². The zero-order chi connectivity index (χ0) is 20.3. The van der Waals surface area contributed by atoms with Crippen LogP contribution < -0.4 is 9.80 Å². The molecule has 0 spiro atoms. The highest BCUT2D eigenvalue weighted by Crippen LogP contribution is 2.38. The molecule has 30 heavy (non-hydrogen) atoms. The van der Waals surface area contributed by atoms with Gasteiger partial charge in [0.15, 0.2) is 0 Å². The van der Waals surface area contributed by atoms with Crippen LogP contribution >= 0.6 is 0 Å². The predicted octanol–water partition coefficient (Wildman–Crippen LogP) is 3.47. The van der Waals surface area contributed by atoms with Crippen LogP contribution in [0.3, 0.4) is 0 Å². The van der Waals surface area contributed by atoms with Gasteiger partial charge in [0.2, 0.25) is 0 Å². The lowest BCUT2D eigenvalue weighted by molar-refractivity contribution is 0.121. The Morgan fingerprint density at radius 2 is 1.50 bits per heavy atom. The van der Waals surface area contributed by atoms with E-state index >= 15 is 0 Å². The van der Waals surface area contributed by atoms with E-state index in [4.69, 9.17) is 9.72 Å². The first-order valence-corrected chi connectivity index (χ1v) is 12.1. The van der Waals surface area contributed by atoms with Crippen molar-refractivity contribution in [2.75, 3.05) is 55.7 Å². The first-order chi connectivity index (χ1) is 14.8. The third-order valence-electron chi connectivity index (χ3n) is 7.55. The number of fused-ring (bicyclic) bond motifs is 1. The highest BCUT2D eigenvalue weighted by Gasteiger charge is 2.33. The summed E-state index contributed by atoms with van der Waals surface area (Å²) in [5, 5.41) is 10.2.